The number of benzene rings is 3. The second-order valence-corrected chi connectivity index (χ2v) is 8.51. The summed E-state index contributed by atoms with van der Waals surface area (Å²) < 4.78 is 5.44. The topological polar surface area (TPSA) is 65.6 Å². The Morgan fingerprint density at radius 3 is 2.50 bits per heavy atom. The van der Waals surface area contributed by atoms with Gasteiger partial charge in [0.1, 0.15) is 0 Å². The summed E-state index contributed by atoms with van der Waals surface area (Å²) in [7, 11) is 0. The summed E-state index contributed by atoms with van der Waals surface area (Å²) in [6.07, 6.45) is 1.72. The van der Waals surface area contributed by atoms with Gasteiger partial charge in [0, 0.05) is 25.8 Å². The minimum Gasteiger partial charge on any atom is -0.388 e. The lowest BCUT2D eigenvalue weighted by Crippen LogP contribution is -2.35. The second kappa shape index (κ2) is 8.87. The van der Waals surface area contributed by atoms with E-state index in [1.54, 1.807) is 6.20 Å². The van der Waals surface area contributed by atoms with Crippen molar-refractivity contribution in [3.05, 3.63) is 82.3 Å². The summed E-state index contributed by atoms with van der Waals surface area (Å²) in [6, 6.07) is 18.7. The van der Waals surface area contributed by atoms with Gasteiger partial charge in [-0.15, -0.1) is 0 Å². The maximum Gasteiger partial charge on any atom is 0.256 e. The Morgan fingerprint density at radius 2 is 1.75 bits per heavy atom. The van der Waals surface area contributed by atoms with Crippen molar-refractivity contribution in [1.29, 1.82) is 0 Å². The summed E-state index contributed by atoms with van der Waals surface area (Å²) in [4.78, 5) is 17.9. The van der Waals surface area contributed by atoms with Gasteiger partial charge in [0.2, 0.25) is 0 Å². The number of H-pyrrole nitrogens is 1. The molecular formula is C27H28N2O3. The molecule has 0 amide bonds. The molecule has 1 saturated heterocycles. The zero-order valence-corrected chi connectivity index (χ0v) is 18.3. The van der Waals surface area contributed by atoms with Crippen molar-refractivity contribution in [2.45, 2.75) is 26.0 Å². The molecular weight excluding hydrogens is 400 g/mol. The van der Waals surface area contributed by atoms with Gasteiger partial charge in [0.15, 0.2) is 0 Å². The van der Waals surface area contributed by atoms with Crippen LogP contribution in [-0.2, 0) is 11.3 Å². The summed E-state index contributed by atoms with van der Waals surface area (Å²) >= 11 is 0. The van der Waals surface area contributed by atoms with Gasteiger partial charge in [-0.1, -0.05) is 43.3 Å². The Kier molecular flexibility index (Phi) is 5.79. The number of aliphatic hydroxyl groups excluding tert-OH is 1. The van der Waals surface area contributed by atoms with Gasteiger partial charge in [-0.05, 0) is 63.0 Å². The molecule has 4 aromatic rings. The molecule has 5 nitrogen and oxygen atoms in total. The van der Waals surface area contributed by atoms with Crippen LogP contribution in [0.15, 0.2) is 65.6 Å². The average Bonchev–Trinajstić information content (AvgIpc) is 2.84. The fraction of sp³-hybridized carbons (Fsp3) is 0.296. The Hall–Kier alpha value is -2.99. The molecule has 5 rings (SSSR count). The van der Waals surface area contributed by atoms with Crippen LogP contribution in [0.3, 0.4) is 0 Å². The van der Waals surface area contributed by atoms with E-state index in [0.29, 0.717) is 11.8 Å². The number of ether oxygens (including phenoxy) is 1. The van der Waals surface area contributed by atoms with Crippen LogP contribution in [0.5, 0.6) is 0 Å². The molecule has 0 spiro atoms. The van der Waals surface area contributed by atoms with Crippen LogP contribution >= 0.6 is 0 Å². The van der Waals surface area contributed by atoms with E-state index in [1.807, 2.05) is 25.1 Å². The third-order valence-corrected chi connectivity index (χ3v) is 6.45. The summed E-state index contributed by atoms with van der Waals surface area (Å²) in [5, 5.41) is 13.9. The Bertz CT molecular complexity index is 1300. The maximum atomic E-state index is 12.7. The number of pyridine rings is 1. The van der Waals surface area contributed by atoms with Gasteiger partial charge in [0.25, 0.3) is 5.56 Å². The van der Waals surface area contributed by atoms with Crippen LogP contribution < -0.4 is 5.56 Å². The van der Waals surface area contributed by atoms with Crippen LogP contribution in [0.2, 0.25) is 0 Å². The predicted octanol–water partition coefficient (Wildman–Crippen LogP) is 4.62. The van der Waals surface area contributed by atoms with Crippen LogP contribution in [0, 0.1) is 0 Å². The lowest BCUT2D eigenvalue weighted by molar-refractivity contribution is 0.0342. The normalized spacial score (nSPS) is 15.9. The number of nitrogens with one attached hydrogen (secondary N) is 1. The van der Waals surface area contributed by atoms with Crippen molar-refractivity contribution in [3.8, 4) is 11.1 Å². The molecule has 1 unspecified atom stereocenters. The molecule has 2 heterocycles. The molecule has 3 aromatic carbocycles. The first-order valence-corrected chi connectivity index (χ1v) is 11.3. The van der Waals surface area contributed by atoms with Crippen LogP contribution in [0.4, 0.5) is 0 Å². The summed E-state index contributed by atoms with van der Waals surface area (Å²) in [6.45, 7) is 6.44. The molecule has 1 aliphatic rings. The highest BCUT2D eigenvalue weighted by Crippen LogP contribution is 2.34. The number of aromatic amines is 1. The molecule has 0 saturated carbocycles. The molecule has 0 aliphatic carbocycles. The molecule has 2 N–H and O–H groups in total. The number of hydrogen-bond donors (Lipinski definition) is 2. The van der Waals surface area contributed by atoms with Gasteiger partial charge >= 0.3 is 0 Å². The van der Waals surface area contributed by atoms with Gasteiger partial charge in [-0.3, -0.25) is 9.69 Å². The fourth-order valence-corrected chi connectivity index (χ4v) is 4.64. The highest BCUT2D eigenvalue weighted by molar-refractivity contribution is 6.09. The first-order chi connectivity index (χ1) is 15.6. The van der Waals surface area contributed by atoms with Gasteiger partial charge < -0.3 is 14.8 Å². The van der Waals surface area contributed by atoms with Crippen molar-refractivity contribution in [2.24, 2.45) is 0 Å². The smallest absolute Gasteiger partial charge is 0.256 e. The van der Waals surface area contributed by atoms with E-state index in [4.69, 9.17) is 4.74 Å². The highest BCUT2D eigenvalue weighted by atomic mass is 16.5. The van der Waals surface area contributed by atoms with Crippen molar-refractivity contribution >= 4 is 21.5 Å². The van der Waals surface area contributed by atoms with Crippen molar-refractivity contribution in [3.63, 3.8) is 0 Å². The van der Waals surface area contributed by atoms with E-state index in [2.05, 4.69) is 46.3 Å². The van der Waals surface area contributed by atoms with Crippen LogP contribution in [0.1, 0.15) is 30.6 Å². The molecule has 0 bridgehead atoms. The molecule has 1 aliphatic heterocycles. The molecule has 1 atom stereocenters. The van der Waals surface area contributed by atoms with Gasteiger partial charge in [-0.2, -0.15) is 0 Å². The second-order valence-electron chi connectivity index (χ2n) is 8.51. The Balaban J connectivity index is 1.56. The molecule has 32 heavy (non-hydrogen) atoms. The number of fused-ring (bicyclic) bond motifs is 3. The Morgan fingerprint density at radius 1 is 1.00 bits per heavy atom. The van der Waals surface area contributed by atoms with E-state index in [-0.39, 0.29) is 5.56 Å². The van der Waals surface area contributed by atoms with E-state index in [1.165, 1.54) is 5.56 Å². The Labute approximate surface area is 187 Å². The van der Waals surface area contributed by atoms with Crippen LogP contribution in [0.25, 0.3) is 32.7 Å². The maximum absolute atomic E-state index is 12.7. The molecule has 5 heteroatoms. The molecule has 1 aromatic heterocycles. The summed E-state index contributed by atoms with van der Waals surface area (Å²) in [5.41, 5.74) is 4.21. The first kappa shape index (κ1) is 20.9. The SMILES string of the molecule is CCC(O)c1cc2cc[nH]c(=O)c2c2cc(-c3ccc(CN4CCOCC4)cc3)ccc12. The fourth-order valence-electron chi connectivity index (χ4n) is 4.64. The van der Waals surface area contributed by atoms with E-state index < -0.39 is 6.10 Å². The van der Waals surface area contributed by atoms with Crippen molar-refractivity contribution < 1.29 is 9.84 Å². The third-order valence-electron chi connectivity index (χ3n) is 6.45. The number of rotatable bonds is 5. The van der Waals surface area contributed by atoms with Crippen molar-refractivity contribution in [2.75, 3.05) is 26.3 Å². The highest BCUT2D eigenvalue weighted by Gasteiger charge is 2.15. The van der Waals surface area contributed by atoms with Crippen LogP contribution in [-0.4, -0.2) is 41.3 Å². The van der Waals surface area contributed by atoms with E-state index in [0.717, 1.165) is 65.7 Å². The number of morpholine rings is 1. The quantitative estimate of drug-likeness (QED) is 0.455. The van der Waals surface area contributed by atoms with Gasteiger partial charge in [0.05, 0.1) is 24.7 Å². The van der Waals surface area contributed by atoms with Crippen molar-refractivity contribution in [1.82, 2.24) is 9.88 Å². The zero-order valence-electron chi connectivity index (χ0n) is 18.3. The number of hydrogen-bond acceptors (Lipinski definition) is 4. The number of aromatic nitrogens is 1. The lowest BCUT2D eigenvalue weighted by atomic mass is 9.92. The number of aliphatic hydroxyl groups is 1. The summed E-state index contributed by atoms with van der Waals surface area (Å²) in [5.74, 6) is 0. The zero-order chi connectivity index (χ0) is 22.1. The minimum absolute atomic E-state index is 0.108. The monoisotopic (exact) mass is 428 g/mol. The lowest BCUT2D eigenvalue weighted by Gasteiger charge is -2.26. The molecule has 0 radical (unpaired) electrons. The average molecular weight is 429 g/mol. The standard InChI is InChI=1S/C27H28N2O3/c1-2-25(30)23-16-21-9-10-28-27(31)26(21)24-15-20(7-8-22(23)24)19-5-3-18(4-6-19)17-29-11-13-32-14-12-29/h3-10,15-16,25,30H,2,11-14,17H2,1H3,(H,28,31). The first-order valence-electron chi connectivity index (χ1n) is 11.3. The third kappa shape index (κ3) is 3.95. The largest absolute Gasteiger partial charge is 0.388 e. The number of nitrogens with zero attached hydrogens (tertiary/aromatic N) is 1. The predicted molar refractivity (Wildman–Crippen MR) is 129 cm³/mol. The molecule has 1 fully saturated rings. The van der Waals surface area contributed by atoms with Gasteiger partial charge in [-0.25, -0.2) is 0 Å². The minimum atomic E-state index is -0.563. The van der Waals surface area contributed by atoms with E-state index in [9.17, 15) is 9.90 Å². The van der Waals surface area contributed by atoms with E-state index >= 15 is 0 Å². The molecule has 164 valence electrons.